The maximum Gasteiger partial charge on any atom is 0.239 e. The normalized spacial score (nSPS) is 16.1. The largest absolute Gasteiger partial charge is 0.285 e. The molecule has 1 amide bonds. The quantitative estimate of drug-likeness (QED) is 0.495. The third-order valence-electron chi connectivity index (χ3n) is 4.61. The van der Waals surface area contributed by atoms with Gasteiger partial charge in [-0.3, -0.25) is 9.69 Å². The van der Waals surface area contributed by atoms with Crippen LogP contribution in [0.1, 0.15) is 16.7 Å². The first-order chi connectivity index (χ1) is 13.2. The van der Waals surface area contributed by atoms with Crippen molar-refractivity contribution in [1.29, 1.82) is 0 Å². The smallest absolute Gasteiger partial charge is 0.239 e. The van der Waals surface area contributed by atoms with Crippen LogP contribution >= 0.6 is 11.8 Å². The second kappa shape index (κ2) is 7.76. The zero-order chi connectivity index (χ0) is 18.6. The van der Waals surface area contributed by atoms with Crippen LogP contribution in [0.3, 0.4) is 0 Å². The van der Waals surface area contributed by atoms with Crippen molar-refractivity contribution in [2.75, 3.05) is 5.75 Å². The van der Waals surface area contributed by atoms with Crippen LogP contribution in [-0.2, 0) is 11.3 Å². The summed E-state index contributed by atoms with van der Waals surface area (Å²) in [5, 5.41) is 11.6. The van der Waals surface area contributed by atoms with Gasteiger partial charge in [-0.2, -0.15) is 5.10 Å². The number of amidine groups is 1. The molecule has 1 aliphatic rings. The van der Waals surface area contributed by atoms with E-state index in [4.69, 9.17) is 0 Å². The summed E-state index contributed by atoms with van der Waals surface area (Å²) >= 11 is 1.44. The lowest BCUT2D eigenvalue weighted by Gasteiger charge is -2.16. The number of rotatable bonds is 4. The van der Waals surface area contributed by atoms with E-state index in [0.29, 0.717) is 17.5 Å². The van der Waals surface area contributed by atoms with Gasteiger partial charge in [-0.05, 0) is 28.8 Å². The minimum absolute atomic E-state index is 0.0716. The van der Waals surface area contributed by atoms with Crippen molar-refractivity contribution in [3.05, 3.63) is 83.4 Å². The van der Waals surface area contributed by atoms with E-state index in [1.54, 1.807) is 11.1 Å². The molecule has 0 saturated carbocycles. The van der Waals surface area contributed by atoms with Crippen molar-refractivity contribution < 1.29 is 4.79 Å². The molecule has 4 nitrogen and oxygen atoms in total. The summed E-state index contributed by atoms with van der Waals surface area (Å²) in [6, 6.07) is 22.4. The summed E-state index contributed by atoms with van der Waals surface area (Å²) in [4.78, 5) is 14.0. The standard InChI is InChI=1S/C22H19N3OS/c1-16-7-2-3-9-19(16)14-25-21(26)15-27-22(25)24-23-13-18-11-6-10-17-8-4-5-12-20(17)18/h2-13H,14-15H2,1H3/b23-13-,24-22+. The molecule has 0 aromatic heterocycles. The van der Waals surface area contributed by atoms with Crippen LogP contribution in [0.15, 0.2) is 76.9 Å². The molecule has 0 aliphatic carbocycles. The molecule has 0 unspecified atom stereocenters. The van der Waals surface area contributed by atoms with Gasteiger partial charge in [0.25, 0.3) is 0 Å². The lowest BCUT2D eigenvalue weighted by molar-refractivity contribution is -0.124. The molecule has 0 radical (unpaired) electrons. The highest BCUT2D eigenvalue weighted by molar-refractivity contribution is 8.15. The Balaban J connectivity index is 1.58. The van der Waals surface area contributed by atoms with E-state index in [1.807, 2.05) is 42.5 Å². The number of amides is 1. The lowest BCUT2D eigenvalue weighted by atomic mass is 10.1. The molecular formula is C22H19N3OS. The predicted molar refractivity (Wildman–Crippen MR) is 113 cm³/mol. The van der Waals surface area contributed by atoms with E-state index >= 15 is 0 Å². The fraction of sp³-hybridized carbons (Fsp3) is 0.136. The number of nitrogens with zero attached hydrogens (tertiary/aromatic N) is 3. The van der Waals surface area contributed by atoms with Crippen molar-refractivity contribution in [3.8, 4) is 0 Å². The second-order valence-electron chi connectivity index (χ2n) is 6.39. The monoisotopic (exact) mass is 373 g/mol. The fourth-order valence-electron chi connectivity index (χ4n) is 3.09. The molecule has 134 valence electrons. The van der Waals surface area contributed by atoms with Crippen LogP contribution in [0.2, 0.25) is 0 Å². The minimum Gasteiger partial charge on any atom is -0.285 e. The maximum atomic E-state index is 12.3. The molecule has 0 bridgehead atoms. The van der Waals surface area contributed by atoms with Gasteiger partial charge in [0.2, 0.25) is 5.91 Å². The molecular weight excluding hydrogens is 354 g/mol. The van der Waals surface area contributed by atoms with Crippen LogP contribution < -0.4 is 0 Å². The van der Waals surface area contributed by atoms with Crippen LogP contribution in [0.25, 0.3) is 10.8 Å². The Morgan fingerprint density at radius 1 is 1.04 bits per heavy atom. The van der Waals surface area contributed by atoms with E-state index in [9.17, 15) is 4.79 Å². The molecule has 5 heteroatoms. The van der Waals surface area contributed by atoms with Gasteiger partial charge >= 0.3 is 0 Å². The number of hydrogen-bond donors (Lipinski definition) is 0. The van der Waals surface area contributed by atoms with E-state index in [1.165, 1.54) is 22.7 Å². The van der Waals surface area contributed by atoms with Crippen molar-refractivity contribution >= 4 is 39.8 Å². The van der Waals surface area contributed by atoms with Crippen molar-refractivity contribution in [1.82, 2.24) is 4.90 Å². The van der Waals surface area contributed by atoms with Gasteiger partial charge in [0.1, 0.15) is 0 Å². The Hall–Kier alpha value is -2.92. The van der Waals surface area contributed by atoms with Gasteiger partial charge < -0.3 is 0 Å². The number of benzene rings is 3. The maximum absolute atomic E-state index is 12.3. The molecule has 1 aliphatic heterocycles. The SMILES string of the molecule is Cc1ccccc1CN1C(=O)CS/C1=N/N=C\c1cccc2ccccc12. The summed E-state index contributed by atoms with van der Waals surface area (Å²) in [5.41, 5.74) is 3.30. The number of carbonyl (C=O) groups is 1. The number of fused-ring (bicyclic) bond motifs is 1. The third-order valence-corrected chi connectivity index (χ3v) is 5.56. The van der Waals surface area contributed by atoms with Crippen LogP contribution in [0.4, 0.5) is 0 Å². The van der Waals surface area contributed by atoms with E-state index in [0.717, 1.165) is 16.5 Å². The molecule has 3 aromatic rings. The number of hydrogen-bond acceptors (Lipinski definition) is 4. The first-order valence-corrected chi connectivity index (χ1v) is 9.77. The van der Waals surface area contributed by atoms with Gasteiger partial charge in [0.05, 0.1) is 18.5 Å². The molecule has 0 N–H and O–H groups in total. The molecule has 1 heterocycles. The highest BCUT2D eigenvalue weighted by Crippen LogP contribution is 2.23. The van der Waals surface area contributed by atoms with Crippen molar-refractivity contribution in [2.24, 2.45) is 10.2 Å². The summed E-state index contributed by atoms with van der Waals surface area (Å²) in [6.45, 7) is 2.58. The molecule has 4 rings (SSSR count). The van der Waals surface area contributed by atoms with E-state index in [2.05, 4.69) is 41.4 Å². The third kappa shape index (κ3) is 3.78. The number of carbonyl (C=O) groups excluding carboxylic acids is 1. The average molecular weight is 373 g/mol. The number of aryl methyl sites for hydroxylation is 1. The van der Waals surface area contributed by atoms with E-state index < -0.39 is 0 Å². The topological polar surface area (TPSA) is 45.0 Å². The Morgan fingerprint density at radius 2 is 1.81 bits per heavy atom. The molecule has 1 fully saturated rings. The first kappa shape index (κ1) is 17.5. The van der Waals surface area contributed by atoms with Crippen LogP contribution in [0.5, 0.6) is 0 Å². The minimum atomic E-state index is 0.0716. The molecule has 0 spiro atoms. The molecule has 27 heavy (non-hydrogen) atoms. The zero-order valence-electron chi connectivity index (χ0n) is 15.0. The summed E-state index contributed by atoms with van der Waals surface area (Å²) in [7, 11) is 0. The van der Waals surface area contributed by atoms with Gasteiger partial charge in [-0.15, -0.1) is 5.10 Å². The van der Waals surface area contributed by atoms with Crippen LogP contribution in [0, 0.1) is 6.92 Å². The highest BCUT2D eigenvalue weighted by Gasteiger charge is 2.28. The summed E-state index contributed by atoms with van der Waals surface area (Å²) < 4.78 is 0. The fourth-order valence-corrected chi connectivity index (χ4v) is 3.92. The van der Waals surface area contributed by atoms with Gasteiger partial charge in [0.15, 0.2) is 5.17 Å². The number of thioether (sulfide) groups is 1. The summed E-state index contributed by atoms with van der Waals surface area (Å²) in [5.74, 6) is 0.483. The predicted octanol–water partition coefficient (Wildman–Crippen LogP) is 4.61. The summed E-state index contributed by atoms with van der Waals surface area (Å²) in [6.07, 6.45) is 1.75. The highest BCUT2D eigenvalue weighted by atomic mass is 32.2. The Kier molecular flexibility index (Phi) is 5.03. The lowest BCUT2D eigenvalue weighted by Crippen LogP contribution is -2.29. The molecule has 1 saturated heterocycles. The van der Waals surface area contributed by atoms with Crippen molar-refractivity contribution in [2.45, 2.75) is 13.5 Å². The van der Waals surface area contributed by atoms with Gasteiger partial charge in [-0.1, -0.05) is 78.5 Å². The first-order valence-electron chi connectivity index (χ1n) is 8.79. The van der Waals surface area contributed by atoms with Crippen LogP contribution in [-0.4, -0.2) is 27.9 Å². The zero-order valence-corrected chi connectivity index (χ0v) is 15.8. The van der Waals surface area contributed by atoms with E-state index in [-0.39, 0.29) is 5.91 Å². The van der Waals surface area contributed by atoms with Crippen molar-refractivity contribution in [3.63, 3.8) is 0 Å². The molecule has 0 atom stereocenters. The van der Waals surface area contributed by atoms with Gasteiger partial charge in [0, 0.05) is 5.56 Å². The Labute approximate surface area is 162 Å². The average Bonchev–Trinajstić information content (AvgIpc) is 3.03. The molecule has 3 aromatic carbocycles. The Bertz CT molecular complexity index is 1050. The van der Waals surface area contributed by atoms with Gasteiger partial charge in [-0.25, -0.2) is 0 Å². The second-order valence-corrected chi connectivity index (χ2v) is 7.33. The Morgan fingerprint density at radius 3 is 2.70 bits per heavy atom.